The minimum Gasteiger partial charge on any atom is -0.459 e. The molecule has 29 heavy (non-hydrogen) atoms. The molecular weight excluding hydrogens is 372 g/mol. The molecule has 1 aromatic heterocycles. The molecule has 1 heterocycles. The van der Waals surface area contributed by atoms with Crippen LogP contribution in [0.4, 0.5) is 5.69 Å². The summed E-state index contributed by atoms with van der Waals surface area (Å²) in [7, 11) is 0. The van der Waals surface area contributed by atoms with Crippen molar-refractivity contribution in [2.45, 2.75) is 51.7 Å². The van der Waals surface area contributed by atoms with Crippen LogP contribution in [0.2, 0.25) is 0 Å². The molecule has 0 unspecified atom stereocenters. The summed E-state index contributed by atoms with van der Waals surface area (Å²) in [4.78, 5) is 37.3. The molecule has 1 aliphatic rings. The van der Waals surface area contributed by atoms with Crippen LogP contribution in [0, 0.1) is 5.92 Å². The smallest absolute Gasteiger partial charge is 0.341 e. The second kappa shape index (κ2) is 9.41. The van der Waals surface area contributed by atoms with E-state index in [0.717, 1.165) is 19.3 Å². The summed E-state index contributed by atoms with van der Waals surface area (Å²) in [6, 6.07) is 9.71. The summed E-state index contributed by atoms with van der Waals surface area (Å²) in [5.74, 6) is -0.933. The molecule has 7 heteroatoms. The highest BCUT2D eigenvalue weighted by molar-refractivity contribution is 6.06. The van der Waals surface area contributed by atoms with E-state index in [-0.39, 0.29) is 29.0 Å². The van der Waals surface area contributed by atoms with Crippen LogP contribution in [-0.4, -0.2) is 29.9 Å². The van der Waals surface area contributed by atoms with Gasteiger partial charge in [0, 0.05) is 6.04 Å². The third-order valence-electron chi connectivity index (χ3n) is 5.23. The molecule has 0 radical (unpaired) electrons. The van der Waals surface area contributed by atoms with Gasteiger partial charge >= 0.3 is 5.97 Å². The summed E-state index contributed by atoms with van der Waals surface area (Å²) < 4.78 is 10.4. The molecule has 1 aromatic carbocycles. The molecule has 7 nitrogen and oxygen atoms in total. The van der Waals surface area contributed by atoms with Crippen LogP contribution in [0.5, 0.6) is 0 Å². The zero-order valence-corrected chi connectivity index (χ0v) is 16.6. The highest BCUT2D eigenvalue weighted by Crippen LogP contribution is 2.24. The second-order valence-electron chi connectivity index (χ2n) is 7.40. The Morgan fingerprint density at radius 2 is 1.86 bits per heavy atom. The Labute approximate surface area is 169 Å². The number of benzene rings is 1. The van der Waals surface area contributed by atoms with E-state index in [0.29, 0.717) is 5.92 Å². The Morgan fingerprint density at radius 3 is 2.59 bits per heavy atom. The third-order valence-corrected chi connectivity index (χ3v) is 5.23. The Morgan fingerprint density at radius 1 is 1.10 bits per heavy atom. The van der Waals surface area contributed by atoms with Crippen molar-refractivity contribution in [2.24, 2.45) is 5.92 Å². The number of esters is 1. The van der Waals surface area contributed by atoms with Crippen molar-refractivity contribution in [2.75, 3.05) is 5.32 Å². The lowest BCUT2D eigenvalue weighted by Crippen LogP contribution is -2.46. The molecule has 154 valence electrons. The van der Waals surface area contributed by atoms with Gasteiger partial charge in [0.25, 0.3) is 11.8 Å². The van der Waals surface area contributed by atoms with Crippen molar-refractivity contribution in [1.82, 2.24) is 5.32 Å². The second-order valence-corrected chi connectivity index (χ2v) is 7.40. The first-order valence-corrected chi connectivity index (χ1v) is 9.91. The number of carbonyl (C=O) groups excluding carboxylic acids is 3. The van der Waals surface area contributed by atoms with Crippen molar-refractivity contribution in [3.05, 3.63) is 54.0 Å². The third kappa shape index (κ3) is 5.25. The number of anilines is 1. The minimum absolute atomic E-state index is 0.109. The van der Waals surface area contributed by atoms with Gasteiger partial charge in [0.1, 0.15) is 0 Å². The first-order valence-electron chi connectivity index (χ1n) is 9.91. The van der Waals surface area contributed by atoms with Crippen molar-refractivity contribution < 1.29 is 23.5 Å². The van der Waals surface area contributed by atoms with Crippen LogP contribution in [0.3, 0.4) is 0 Å². The first kappa shape index (κ1) is 20.6. The molecule has 3 atom stereocenters. The predicted octanol–water partition coefficient (Wildman–Crippen LogP) is 3.77. The Bertz CT molecular complexity index is 862. The lowest BCUT2D eigenvalue weighted by molar-refractivity contribution is -0.130. The summed E-state index contributed by atoms with van der Waals surface area (Å²) in [5.41, 5.74) is 0.450. The topological polar surface area (TPSA) is 97.6 Å². The highest BCUT2D eigenvalue weighted by Gasteiger charge is 2.27. The Kier molecular flexibility index (Phi) is 6.69. The van der Waals surface area contributed by atoms with Crippen LogP contribution < -0.4 is 10.6 Å². The number of hydrogen-bond acceptors (Lipinski definition) is 5. The maximum Gasteiger partial charge on any atom is 0.341 e. The van der Waals surface area contributed by atoms with Crippen LogP contribution >= 0.6 is 0 Å². The monoisotopic (exact) mass is 398 g/mol. The molecule has 2 aromatic rings. The lowest BCUT2D eigenvalue weighted by atomic mass is 9.86. The van der Waals surface area contributed by atoms with Gasteiger partial charge < -0.3 is 19.8 Å². The SMILES string of the molecule is C[C@@H](OC(=O)c1ccccc1NC(=O)c1ccco1)C(=O)N[C@@H]1CCCC[C@@H]1C. The van der Waals surface area contributed by atoms with Crippen molar-refractivity contribution >= 4 is 23.5 Å². The summed E-state index contributed by atoms with van der Waals surface area (Å²) >= 11 is 0. The lowest BCUT2D eigenvalue weighted by Gasteiger charge is -2.30. The fraction of sp³-hybridized carbons (Fsp3) is 0.409. The van der Waals surface area contributed by atoms with Gasteiger partial charge in [-0.25, -0.2) is 4.79 Å². The number of rotatable bonds is 6. The van der Waals surface area contributed by atoms with E-state index in [1.807, 2.05) is 0 Å². The number of nitrogens with one attached hydrogen (secondary N) is 2. The number of ether oxygens (including phenoxy) is 1. The molecule has 0 spiro atoms. The fourth-order valence-corrected chi connectivity index (χ4v) is 3.47. The molecule has 1 saturated carbocycles. The van der Waals surface area contributed by atoms with Gasteiger partial charge in [0.05, 0.1) is 17.5 Å². The average Bonchev–Trinajstić information content (AvgIpc) is 3.25. The van der Waals surface area contributed by atoms with E-state index in [4.69, 9.17) is 9.15 Å². The van der Waals surface area contributed by atoms with Crippen molar-refractivity contribution in [3.8, 4) is 0 Å². The number of carbonyl (C=O) groups is 3. The first-order chi connectivity index (χ1) is 14.0. The van der Waals surface area contributed by atoms with E-state index < -0.39 is 18.0 Å². The quantitative estimate of drug-likeness (QED) is 0.722. The van der Waals surface area contributed by atoms with E-state index in [2.05, 4.69) is 17.6 Å². The molecular formula is C22H26N2O5. The van der Waals surface area contributed by atoms with Gasteiger partial charge in [-0.3, -0.25) is 9.59 Å². The number of para-hydroxylation sites is 1. The van der Waals surface area contributed by atoms with Crippen LogP contribution in [0.15, 0.2) is 47.1 Å². The van der Waals surface area contributed by atoms with Gasteiger partial charge in [-0.05, 0) is 49.9 Å². The van der Waals surface area contributed by atoms with E-state index in [1.54, 1.807) is 31.2 Å². The van der Waals surface area contributed by atoms with E-state index in [9.17, 15) is 14.4 Å². The zero-order chi connectivity index (χ0) is 20.8. The molecule has 3 rings (SSSR count). The zero-order valence-electron chi connectivity index (χ0n) is 16.6. The summed E-state index contributed by atoms with van der Waals surface area (Å²) in [5, 5.41) is 5.63. The van der Waals surface area contributed by atoms with Gasteiger partial charge in [-0.1, -0.05) is 31.9 Å². The van der Waals surface area contributed by atoms with Gasteiger partial charge in [-0.2, -0.15) is 0 Å². The number of furan rings is 1. The molecule has 0 saturated heterocycles. The van der Waals surface area contributed by atoms with Gasteiger partial charge in [-0.15, -0.1) is 0 Å². The number of amides is 2. The van der Waals surface area contributed by atoms with Crippen molar-refractivity contribution in [3.63, 3.8) is 0 Å². The van der Waals surface area contributed by atoms with Crippen LogP contribution in [0.1, 0.15) is 60.4 Å². The summed E-state index contributed by atoms with van der Waals surface area (Å²) in [6.07, 6.45) is 4.75. The molecule has 1 fully saturated rings. The number of hydrogen-bond donors (Lipinski definition) is 2. The van der Waals surface area contributed by atoms with Crippen molar-refractivity contribution in [1.29, 1.82) is 0 Å². The van der Waals surface area contributed by atoms with E-state index in [1.165, 1.54) is 24.8 Å². The van der Waals surface area contributed by atoms with Gasteiger partial charge in [0.2, 0.25) is 0 Å². The maximum absolute atomic E-state index is 12.6. The standard InChI is InChI=1S/C22H26N2O5/c1-14-8-3-5-10-17(14)23-20(25)15(2)29-22(27)16-9-4-6-11-18(16)24-21(26)19-12-7-13-28-19/h4,6-7,9,11-15,17H,3,5,8,10H2,1-2H3,(H,23,25)(H,24,26)/t14-,15+,17+/m0/s1. The molecule has 0 bridgehead atoms. The minimum atomic E-state index is -0.939. The Balaban J connectivity index is 1.62. The molecule has 2 N–H and O–H groups in total. The fourth-order valence-electron chi connectivity index (χ4n) is 3.47. The van der Waals surface area contributed by atoms with Gasteiger partial charge in [0.15, 0.2) is 11.9 Å². The molecule has 1 aliphatic carbocycles. The van der Waals surface area contributed by atoms with E-state index >= 15 is 0 Å². The normalized spacial score (nSPS) is 19.8. The molecule has 2 amide bonds. The Hall–Kier alpha value is -3.09. The predicted molar refractivity (Wildman–Crippen MR) is 108 cm³/mol. The highest BCUT2D eigenvalue weighted by atomic mass is 16.5. The summed E-state index contributed by atoms with van der Waals surface area (Å²) in [6.45, 7) is 3.67. The maximum atomic E-state index is 12.6. The van der Waals surface area contributed by atoms with Crippen LogP contribution in [0.25, 0.3) is 0 Å². The average molecular weight is 398 g/mol. The molecule has 0 aliphatic heterocycles. The van der Waals surface area contributed by atoms with Crippen LogP contribution in [-0.2, 0) is 9.53 Å². The largest absolute Gasteiger partial charge is 0.459 e.